The summed E-state index contributed by atoms with van der Waals surface area (Å²) in [5.41, 5.74) is 0. The van der Waals surface area contributed by atoms with Crippen LogP contribution in [0.5, 0.6) is 0 Å². The van der Waals surface area contributed by atoms with Crippen LogP contribution >= 0.6 is 0 Å². The van der Waals surface area contributed by atoms with Crippen molar-refractivity contribution in [1.82, 2.24) is 0 Å². The minimum absolute atomic E-state index is 0.391. The largest absolute Gasteiger partial charge is 0.495 e. The molecule has 1 aliphatic heterocycles. The molecular weight excluding hydrogens is 100 g/mol. The number of ether oxygens (including phenoxy) is 1. The van der Waals surface area contributed by atoms with Crippen molar-refractivity contribution in [1.29, 1.82) is 0 Å². The summed E-state index contributed by atoms with van der Waals surface area (Å²) in [6.07, 6.45) is 1.43. The summed E-state index contributed by atoms with van der Waals surface area (Å²) in [6, 6.07) is 0. The minimum atomic E-state index is 0.391. The molecule has 1 aliphatic rings. The Morgan fingerprint density at radius 3 is 2.38 bits per heavy atom. The molecule has 1 fully saturated rings. The Balaban J connectivity index is 2.51. The van der Waals surface area contributed by atoms with Crippen LogP contribution in [0.2, 0.25) is 0 Å². The summed E-state index contributed by atoms with van der Waals surface area (Å²) < 4.78 is 5.28. The van der Waals surface area contributed by atoms with E-state index in [4.69, 9.17) is 4.74 Å². The van der Waals surface area contributed by atoms with Gasteiger partial charge in [0.25, 0.3) is 0 Å². The van der Waals surface area contributed by atoms with Crippen molar-refractivity contribution in [3.8, 4) is 0 Å². The fourth-order valence-corrected chi connectivity index (χ4v) is 0.952. The molecule has 0 aromatic carbocycles. The van der Waals surface area contributed by atoms with Gasteiger partial charge in [0.2, 0.25) is 0 Å². The molecule has 46 valence electrons. The highest BCUT2D eigenvalue weighted by Crippen LogP contribution is 2.26. The maximum atomic E-state index is 5.28. The summed E-state index contributed by atoms with van der Waals surface area (Å²) >= 11 is 0. The van der Waals surface area contributed by atoms with Gasteiger partial charge in [-0.05, 0) is 12.8 Å². The van der Waals surface area contributed by atoms with E-state index in [1.807, 2.05) is 0 Å². The quantitative estimate of drug-likeness (QED) is 0.465. The Labute approximate surface area is 50.3 Å². The molecule has 1 nitrogen and oxygen atoms in total. The highest BCUT2D eigenvalue weighted by Gasteiger charge is 2.22. The normalized spacial score (nSPS) is 37.5. The lowest BCUT2D eigenvalue weighted by Crippen LogP contribution is -2.05. The molecule has 1 heteroatoms. The van der Waals surface area contributed by atoms with Crippen LogP contribution in [-0.2, 0) is 4.74 Å². The molecule has 2 unspecified atom stereocenters. The van der Waals surface area contributed by atoms with Gasteiger partial charge >= 0.3 is 0 Å². The third-order valence-corrected chi connectivity index (χ3v) is 1.70. The number of hydrogen-bond donors (Lipinski definition) is 0. The van der Waals surface area contributed by atoms with E-state index in [0.29, 0.717) is 12.0 Å². The molecule has 1 saturated heterocycles. The van der Waals surface area contributed by atoms with Crippen LogP contribution in [0.25, 0.3) is 0 Å². The standard InChI is InChI=1S/C7H12O/c1-5-4-6(2)8-7(5)3/h5,7H,2,4H2,1,3H3. The van der Waals surface area contributed by atoms with Crippen LogP contribution in [0, 0.1) is 5.92 Å². The Morgan fingerprint density at radius 1 is 1.62 bits per heavy atom. The highest BCUT2D eigenvalue weighted by molar-refractivity contribution is 4.93. The van der Waals surface area contributed by atoms with Gasteiger partial charge in [-0.1, -0.05) is 13.5 Å². The van der Waals surface area contributed by atoms with Crippen molar-refractivity contribution >= 4 is 0 Å². The third kappa shape index (κ3) is 0.857. The Kier molecular flexibility index (Phi) is 1.28. The second-order valence-electron chi connectivity index (χ2n) is 2.54. The molecule has 0 bridgehead atoms. The van der Waals surface area contributed by atoms with E-state index in [0.717, 1.165) is 12.2 Å². The smallest absolute Gasteiger partial charge is 0.0983 e. The molecule has 2 atom stereocenters. The molecule has 0 radical (unpaired) electrons. The van der Waals surface area contributed by atoms with E-state index in [1.54, 1.807) is 0 Å². The van der Waals surface area contributed by atoms with Crippen LogP contribution in [0.15, 0.2) is 12.3 Å². The molecule has 0 aromatic heterocycles. The average Bonchev–Trinajstić information content (AvgIpc) is 1.85. The van der Waals surface area contributed by atoms with Crippen LogP contribution in [0.4, 0.5) is 0 Å². The van der Waals surface area contributed by atoms with Crippen LogP contribution in [0.1, 0.15) is 20.3 Å². The summed E-state index contributed by atoms with van der Waals surface area (Å²) in [7, 11) is 0. The van der Waals surface area contributed by atoms with E-state index in [1.165, 1.54) is 0 Å². The van der Waals surface area contributed by atoms with Crippen molar-refractivity contribution in [2.45, 2.75) is 26.4 Å². The minimum Gasteiger partial charge on any atom is -0.495 e. The van der Waals surface area contributed by atoms with Crippen molar-refractivity contribution in [2.75, 3.05) is 0 Å². The van der Waals surface area contributed by atoms with Gasteiger partial charge in [0.1, 0.15) is 0 Å². The fourth-order valence-electron chi connectivity index (χ4n) is 0.952. The molecule has 0 saturated carbocycles. The predicted molar refractivity (Wildman–Crippen MR) is 33.5 cm³/mol. The lowest BCUT2D eigenvalue weighted by atomic mass is 10.1. The van der Waals surface area contributed by atoms with E-state index in [2.05, 4.69) is 20.4 Å². The molecule has 0 N–H and O–H groups in total. The van der Waals surface area contributed by atoms with Gasteiger partial charge in [0.15, 0.2) is 0 Å². The van der Waals surface area contributed by atoms with E-state index >= 15 is 0 Å². The van der Waals surface area contributed by atoms with Gasteiger partial charge in [0, 0.05) is 6.42 Å². The first-order chi connectivity index (χ1) is 3.70. The van der Waals surface area contributed by atoms with Crippen LogP contribution in [0.3, 0.4) is 0 Å². The van der Waals surface area contributed by atoms with Gasteiger partial charge in [-0.3, -0.25) is 0 Å². The van der Waals surface area contributed by atoms with Crippen LogP contribution < -0.4 is 0 Å². The van der Waals surface area contributed by atoms with Crippen molar-refractivity contribution in [2.24, 2.45) is 5.92 Å². The highest BCUT2D eigenvalue weighted by atomic mass is 16.5. The second kappa shape index (κ2) is 1.81. The van der Waals surface area contributed by atoms with E-state index < -0.39 is 0 Å². The van der Waals surface area contributed by atoms with E-state index in [-0.39, 0.29) is 0 Å². The van der Waals surface area contributed by atoms with Gasteiger partial charge in [-0.2, -0.15) is 0 Å². The summed E-state index contributed by atoms with van der Waals surface area (Å²) in [5, 5.41) is 0. The SMILES string of the molecule is C=C1CC(C)C(C)O1. The van der Waals surface area contributed by atoms with Gasteiger partial charge in [-0.15, -0.1) is 0 Å². The average molecular weight is 112 g/mol. The maximum absolute atomic E-state index is 5.28. The molecular formula is C7H12O. The fraction of sp³-hybridized carbons (Fsp3) is 0.714. The third-order valence-electron chi connectivity index (χ3n) is 1.70. The molecule has 1 rings (SSSR count). The van der Waals surface area contributed by atoms with Crippen molar-refractivity contribution in [3.63, 3.8) is 0 Å². The molecule has 0 aliphatic carbocycles. The second-order valence-corrected chi connectivity index (χ2v) is 2.54. The van der Waals surface area contributed by atoms with Gasteiger partial charge < -0.3 is 4.74 Å². The summed E-state index contributed by atoms with van der Waals surface area (Å²) in [6.45, 7) is 8.00. The van der Waals surface area contributed by atoms with Crippen molar-refractivity contribution in [3.05, 3.63) is 12.3 Å². The van der Waals surface area contributed by atoms with Gasteiger partial charge in [-0.25, -0.2) is 0 Å². The summed E-state index contributed by atoms with van der Waals surface area (Å²) in [5.74, 6) is 1.62. The van der Waals surface area contributed by atoms with E-state index in [9.17, 15) is 0 Å². The lowest BCUT2D eigenvalue weighted by molar-refractivity contribution is 0.154. The van der Waals surface area contributed by atoms with Crippen molar-refractivity contribution < 1.29 is 4.74 Å². The first-order valence-corrected chi connectivity index (χ1v) is 3.04. The molecule has 0 aromatic rings. The predicted octanol–water partition coefficient (Wildman–Crippen LogP) is 1.95. The monoisotopic (exact) mass is 112 g/mol. The zero-order chi connectivity index (χ0) is 6.15. The number of rotatable bonds is 0. The Hall–Kier alpha value is -0.460. The first-order valence-electron chi connectivity index (χ1n) is 3.04. The lowest BCUT2D eigenvalue weighted by Gasteiger charge is -2.05. The number of hydrogen-bond acceptors (Lipinski definition) is 1. The maximum Gasteiger partial charge on any atom is 0.0983 e. The molecule has 8 heavy (non-hydrogen) atoms. The summed E-state index contributed by atoms with van der Waals surface area (Å²) in [4.78, 5) is 0. The topological polar surface area (TPSA) is 9.23 Å². The zero-order valence-corrected chi connectivity index (χ0v) is 5.48. The molecule has 0 spiro atoms. The number of allylic oxidation sites excluding steroid dienone is 1. The Bertz CT molecular complexity index is 95.0. The van der Waals surface area contributed by atoms with Crippen LogP contribution in [-0.4, -0.2) is 6.10 Å². The molecule has 1 heterocycles. The van der Waals surface area contributed by atoms with Gasteiger partial charge in [0.05, 0.1) is 11.9 Å². The first kappa shape index (κ1) is 5.67. The molecule has 0 amide bonds. The zero-order valence-electron chi connectivity index (χ0n) is 5.48. The Morgan fingerprint density at radius 2 is 2.25 bits per heavy atom.